The Labute approximate surface area is 192 Å². The Bertz CT molecular complexity index is 1460. The predicted molar refractivity (Wildman–Crippen MR) is 133 cm³/mol. The summed E-state index contributed by atoms with van der Waals surface area (Å²) in [5, 5.41) is 2.65. The Hall–Kier alpha value is -3.56. The smallest absolute Gasteiger partial charge is 0.249 e. The van der Waals surface area contributed by atoms with Crippen LogP contribution in [0.4, 0.5) is 0 Å². The van der Waals surface area contributed by atoms with Gasteiger partial charge in [0.15, 0.2) is 0 Å². The molecule has 0 radical (unpaired) electrons. The Morgan fingerprint density at radius 1 is 0.844 bits per heavy atom. The van der Waals surface area contributed by atoms with Gasteiger partial charge in [-0.05, 0) is 59.0 Å². The van der Waals surface area contributed by atoms with Crippen LogP contribution in [-0.2, 0) is 13.0 Å². The molecule has 1 amide bonds. The van der Waals surface area contributed by atoms with Crippen molar-refractivity contribution in [3.8, 4) is 11.1 Å². The summed E-state index contributed by atoms with van der Waals surface area (Å²) in [6.45, 7) is 2.89. The molecule has 158 valence electrons. The van der Waals surface area contributed by atoms with Gasteiger partial charge in [0.1, 0.15) is 0 Å². The lowest BCUT2D eigenvalue weighted by atomic mass is 10.0. The number of hydrogen-bond acceptors (Lipinski definition) is 1. The Kier molecular flexibility index (Phi) is 5.20. The SMILES string of the molecule is CCc1ccccc1Cn1c2cc(-c3ccc(Cl)cc3)ccc2c2c(C(N)=O)cccc21. The standard InChI is InChI=1S/C28H23ClN2O/c1-2-18-6-3-4-7-21(18)17-31-25-9-5-8-24(28(30)32)27(25)23-15-12-20(16-26(23)31)19-10-13-22(29)14-11-19/h3-16H,2,17H2,1H3,(H2,30,32). The second-order valence-electron chi connectivity index (χ2n) is 8.01. The summed E-state index contributed by atoms with van der Waals surface area (Å²) < 4.78 is 2.30. The third-order valence-corrected chi connectivity index (χ3v) is 6.41. The van der Waals surface area contributed by atoms with E-state index in [1.165, 1.54) is 11.1 Å². The number of aryl methyl sites for hydroxylation is 1. The van der Waals surface area contributed by atoms with Crippen LogP contribution in [0, 0.1) is 0 Å². The first-order chi connectivity index (χ1) is 15.6. The fourth-order valence-electron chi connectivity index (χ4n) is 4.57. The lowest BCUT2D eigenvalue weighted by Crippen LogP contribution is -2.11. The van der Waals surface area contributed by atoms with Gasteiger partial charge in [-0.3, -0.25) is 4.79 Å². The maximum absolute atomic E-state index is 12.2. The second kappa shape index (κ2) is 8.18. The molecule has 5 aromatic rings. The average Bonchev–Trinajstić information content (AvgIpc) is 3.13. The maximum atomic E-state index is 12.2. The van der Waals surface area contributed by atoms with Gasteiger partial charge in [-0.25, -0.2) is 0 Å². The van der Waals surface area contributed by atoms with Crippen LogP contribution in [-0.4, -0.2) is 10.5 Å². The predicted octanol–water partition coefficient (Wildman–Crippen LogP) is 6.82. The zero-order valence-corrected chi connectivity index (χ0v) is 18.6. The highest BCUT2D eigenvalue weighted by Crippen LogP contribution is 2.35. The number of nitrogens with zero attached hydrogens (tertiary/aromatic N) is 1. The molecule has 0 saturated heterocycles. The van der Waals surface area contributed by atoms with Crippen LogP contribution in [0.25, 0.3) is 32.9 Å². The van der Waals surface area contributed by atoms with E-state index in [4.69, 9.17) is 17.3 Å². The molecule has 2 N–H and O–H groups in total. The zero-order valence-electron chi connectivity index (χ0n) is 17.8. The molecule has 0 aliphatic carbocycles. The molecule has 0 aliphatic rings. The Morgan fingerprint density at radius 2 is 1.56 bits per heavy atom. The Morgan fingerprint density at radius 3 is 2.28 bits per heavy atom. The van der Waals surface area contributed by atoms with Crippen molar-refractivity contribution in [2.75, 3.05) is 0 Å². The van der Waals surface area contributed by atoms with E-state index < -0.39 is 5.91 Å². The fraction of sp³-hybridized carbons (Fsp3) is 0.107. The third kappa shape index (κ3) is 3.45. The Balaban J connectivity index is 1.80. The highest BCUT2D eigenvalue weighted by atomic mass is 35.5. The highest BCUT2D eigenvalue weighted by molar-refractivity contribution is 6.30. The summed E-state index contributed by atoms with van der Waals surface area (Å²) in [5.74, 6) is -0.412. The van der Waals surface area contributed by atoms with Gasteiger partial charge < -0.3 is 10.3 Å². The number of rotatable bonds is 5. The van der Waals surface area contributed by atoms with E-state index >= 15 is 0 Å². The molecule has 4 aromatic carbocycles. The molecule has 5 rings (SSSR count). The topological polar surface area (TPSA) is 48.0 Å². The molecule has 0 spiro atoms. The van der Waals surface area contributed by atoms with Gasteiger partial charge in [-0.15, -0.1) is 0 Å². The first-order valence-corrected chi connectivity index (χ1v) is 11.1. The lowest BCUT2D eigenvalue weighted by Gasteiger charge is -2.12. The number of carbonyl (C=O) groups excluding carboxylic acids is 1. The minimum absolute atomic E-state index is 0.412. The van der Waals surface area contributed by atoms with Crippen LogP contribution in [0.2, 0.25) is 5.02 Å². The lowest BCUT2D eigenvalue weighted by molar-refractivity contribution is 0.100. The van der Waals surface area contributed by atoms with Crippen LogP contribution in [0.3, 0.4) is 0 Å². The molecule has 1 heterocycles. The fourth-order valence-corrected chi connectivity index (χ4v) is 4.69. The van der Waals surface area contributed by atoms with Gasteiger partial charge in [0.25, 0.3) is 0 Å². The van der Waals surface area contributed by atoms with E-state index in [-0.39, 0.29) is 0 Å². The molecule has 4 heteroatoms. The second-order valence-corrected chi connectivity index (χ2v) is 8.45. The van der Waals surface area contributed by atoms with Crippen molar-refractivity contribution in [3.63, 3.8) is 0 Å². The van der Waals surface area contributed by atoms with E-state index in [0.717, 1.165) is 45.9 Å². The van der Waals surface area contributed by atoms with E-state index in [9.17, 15) is 4.79 Å². The summed E-state index contributed by atoms with van der Waals surface area (Å²) in [5.41, 5.74) is 13.2. The minimum atomic E-state index is -0.412. The summed E-state index contributed by atoms with van der Waals surface area (Å²) in [7, 11) is 0. The molecule has 0 unspecified atom stereocenters. The first-order valence-electron chi connectivity index (χ1n) is 10.7. The van der Waals surface area contributed by atoms with Crippen molar-refractivity contribution >= 4 is 39.3 Å². The zero-order chi connectivity index (χ0) is 22.2. The van der Waals surface area contributed by atoms with E-state index in [2.05, 4.69) is 60.0 Å². The number of hydrogen-bond donors (Lipinski definition) is 1. The molecular formula is C28H23ClN2O. The van der Waals surface area contributed by atoms with Crippen molar-refractivity contribution in [1.29, 1.82) is 0 Å². The summed E-state index contributed by atoms with van der Waals surface area (Å²) in [4.78, 5) is 12.2. The molecule has 1 aromatic heterocycles. The minimum Gasteiger partial charge on any atom is -0.366 e. The van der Waals surface area contributed by atoms with Crippen molar-refractivity contribution in [3.05, 3.63) is 107 Å². The molecule has 0 saturated carbocycles. The van der Waals surface area contributed by atoms with Crippen molar-refractivity contribution < 1.29 is 4.79 Å². The van der Waals surface area contributed by atoms with E-state index in [1.807, 2.05) is 36.4 Å². The van der Waals surface area contributed by atoms with Crippen molar-refractivity contribution in [2.45, 2.75) is 19.9 Å². The molecule has 0 fully saturated rings. The molecule has 0 atom stereocenters. The molecule has 0 aliphatic heterocycles. The number of carbonyl (C=O) groups is 1. The van der Waals surface area contributed by atoms with Gasteiger partial charge in [-0.1, -0.05) is 73.1 Å². The van der Waals surface area contributed by atoms with Crippen LogP contribution < -0.4 is 5.73 Å². The average molecular weight is 439 g/mol. The summed E-state index contributed by atoms with van der Waals surface area (Å²) in [6, 6.07) is 28.5. The van der Waals surface area contributed by atoms with Crippen LogP contribution in [0.15, 0.2) is 84.9 Å². The highest BCUT2D eigenvalue weighted by Gasteiger charge is 2.17. The van der Waals surface area contributed by atoms with Crippen LogP contribution >= 0.6 is 11.6 Å². The quantitative estimate of drug-likeness (QED) is 0.321. The number of amides is 1. The number of primary amides is 1. The van der Waals surface area contributed by atoms with Gasteiger partial charge in [0.05, 0.1) is 11.0 Å². The van der Waals surface area contributed by atoms with Crippen LogP contribution in [0.1, 0.15) is 28.4 Å². The van der Waals surface area contributed by atoms with Crippen molar-refractivity contribution in [2.24, 2.45) is 5.73 Å². The van der Waals surface area contributed by atoms with Gasteiger partial charge >= 0.3 is 0 Å². The van der Waals surface area contributed by atoms with Gasteiger partial charge in [0, 0.05) is 27.9 Å². The number of aromatic nitrogens is 1. The largest absolute Gasteiger partial charge is 0.366 e. The summed E-state index contributed by atoms with van der Waals surface area (Å²) in [6.07, 6.45) is 0.968. The molecular weight excluding hydrogens is 416 g/mol. The molecule has 3 nitrogen and oxygen atoms in total. The third-order valence-electron chi connectivity index (χ3n) is 6.16. The normalized spacial score (nSPS) is 11.3. The number of fused-ring (bicyclic) bond motifs is 3. The van der Waals surface area contributed by atoms with Gasteiger partial charge in [-0.2, -0.15) is 0 Å². The summed E-state index contributed by atoms with van der Waals surface area (Å²) >= 11 is 6.09. The molecule has 32 heavy (non-hydrogen) atoms. The first kappa shape index (κ1) is 20.3. The molecule has 0 bridgehead atoms. The number of benzene rings is 4. The van der Waals surface area contributed by atoms with E-state index in [0.29, 0.717) is 10.6 Å². The van der Waals surface area contributed by atoms with E-state index in [1.54, 1.807) is 0 Å². The monoisotopic (exact) mass is 438 g/mol. The van der Waals surface area contributed by atoms with Gasteiger partial charge in [0.2, 0.25) is 5.91 Å². The number of nitrogens with two attached hydrogens (primary N) is 1. The van der Waals surface area contributed by atoms with Crippen LogP contribution in [0.5, 0.6) is 0 Å². The maximum Gasteiger partial charge on any atom is 0.249 e. The van der Waals surface area contributed by atoms with Crippen molar-refractivity contribution in [1.82, 2.24) is 4.57 Å². The number of halogens is 1.